The summed E-state index contributed by atoms with van der Waals surface area (Å²) in [6.45, 7) is 2.69. The molecule has 0 bridgehead atoms. The number of aromatic nitrogens is 2. The molecule has 0 radical (unpaired) electrons. The van der Waals surface area contributed by atoms with Crippen molar-refractivity contribution in [3.8, 4) is 22.7 Å². The smallest absolute Gasteiger partial charge is 0.329 e. The van der Waals surface area contributed by atoms with E-state index in [4.69, 9.17) is 21.4 Å². The molecule has 0 aliphatic heterocycles. The van der Waals surface area contributed by atoms with Crippen molar-refractivity contribution in [1.82, 2.24) is 15.2 Å². The van der Waals surface area contributed by atoms with Crippen molar-refractivity contribution in [3.63, 3.8) is 0 Å². The fourth-order valence-corrected chi connectivity index (χ4v) is 3.48. The first-order valence-corrected chi connectivity index (χ1v) is 11.7. The Morgan fingerprint density at radius 3 is 2.44 bits per heavy atom. The van der Waals surface area contributed by atoms with E-state index in [0.717, 1.165) is 23.4 Å². The second-order valence-corrected chi connectivity index (χ2v) is 8.13. The van der Waals surface area contributed by atoms with Gasteiger partial charge in [0.2, 0.25) is 0 Å². The molecule has 0 fully saturated rings. The highest BCUT2D eigenvalue weighted by molar-refractivity contribution is 6.41. The molecular formula is C27H24ClN5O3. The van der Waals surface area contributed by atoms with E-state index in [9.17, 15) is 9.59 Å². The lowest BCUT2D eigenvalue weighted by molar-refractivity contribution is -0.136. The molecule has 2 N–H and O–H groups in total. The maximum Gasteiger partial charge on any atom is 0.329 e. The van der Waals surface area contributed by atoms with Crippen molar-refractivity contribution < 1.29 is 14.3 Å². The van der Waals surface area contributed by atoms with Gasteiger partial charge in [-0.1, -0.05) is 48.9 Å². The number of rotatable bonds is 8. The van der Waals surface area contributed by atoms with Crippen LogP contribution in [0.3, 0.4) is 0 Å². The molecule has 3 aromatic carbocycles. The van der Waals surface area contributed by atoms with Crippen LogP contribution < -0.4 is 15.5 Å². The highest BCUT2D eigenvalue weighted by Gasteiger charge is 2.15. The number of anilines is 1. The van der Waals surface area contributed by atoms with Gasteiger partial charge in [-0.2, -0.15) is 10.2 Å². The Kier molecular flexibility index (Phi) is 8.10. The van der Waals surface area contributed by atoms with Gasteiger partial charge in [-0.15, -0.1) is 0 Å². The van der Waals surface area contributed by atoms with Crippen molar-refractivity contribution in [2.24, 2.45) is 5.10 Å². The Morgan fingerprint density at radius 1 is 1.00 bits per heavy atom. The molecule has 0 unspecified atom stereocenters. The van der Waals surface area contributed by atoms with Gasteiger partial charge in [-0.3, -0.25) is 9.59 Å². The zero-order valence-corrected chi connectivity index (χ0v) is 20.3. The van der Waals surface area contributed by atoms with E-state index < -0.39 is 11.8 Å². The van der Waals surface area contributed by atoms with Crippen LogP contribution in [0.15, 0.2) is 90.2 Å². The summed E-state index contributed by atoms with van der Waals surface area (Å²) in [5, 5.41) is 11.5. The van der Waals surface area contributed by atoms with Crippen LogP contribution >= 0.6 is 11.6 Å². The van der Waals surface area contributed by atoms with Gasteiger partial charge in [0.1, 0.15) is 11.4 Å². The van der Waals surface area contributed by atoms with Gasteiger partial charge in [0.05, 0.1) is 29.2 Å². The van der Waals surface area contributed by atoms with E-state index in [0.29, 0.717) is 28.6 Å². The molecule has 0 saturated heterocycles. The molecule has 0 atom stereocenters. The molecule has 9 heteroatoms. The minimum atomic E-state index is -0.930. The lowest BCUT2D eigenvalue weighted by Crippen LogP contribution is -2.32. The number of para-hydroxylation sites is 2. The number of carbonyl (C=O) groups excluding carboxylic acids is 2. The number of halogens is 1. The molecule has 1 aromatic heterocycles. The first-order chi connectivity index (χ1) is 17.5. The van der Waals surface area contributed by atoms with E-state index >= 15 is 0 Å². The molecule has 0 aliphatic carbocycles. The zero-order chi connectivity index (χ0) is 25.3. The summed E-state index contributed by atoms with van der Waals surface area (Å²) in [7, 11) is 0. The second-order valence-electron chi connectivity index (χ2n) is 7.72. The lowest BCUT2D eigenvalue weighted by Gasteiger charge is -2.06. The molecule has 0 spiro atoms. The first kappa shape index (κ1) is 24.7. The molecule has 4 rings (SSSR count). The highest BCUT2D eigenvalue weighted by atomic mass is 35.5. The number of carbonyl (C=O) groups is 2. The zero-order valence-electron chi connectivity index (χ0n) is 19.5. The fourth-order valence-electron chi connectivity index (χ4n) is 3.30. The van der Waals surface area contributed by atoms with Crippen LogP contribution in [0, 0.1) is 0 Å². The maximum atomic E-state index is 12.2. The van der Waals surface area contributed by atoms with Crippen LogP contribution in [0.1, 0.15) is 18.9 Å². The third kappa shape index (κ3) is 6.17. The van der Waals surface area contributed by atoms with Crippen molar-refractivity contribution in [2.45, 2.75) is 13.3 Å². The summed E-state index contributed by atoms with van der Waals surface area (Å²) < 4.78 is 7.40. The summed E-state index contributed by atoms with van der Waals surface area (Å²) in [6.07, 6.45) is 4.17. The van der Waals surface area contributed by atoms with Gasteiger partial charge in [-0.25, -0.2) is 10.1 Å². The van der Waals surface area contributed by atoms with Gasteiger partial charge in [0, 0.05) is 17.3 Å². The summed E-state index contributed by atoms with van der Waals surface area (Å²) in [5.41, 5.74) is 5.59. The number of hydrogen-bond donors (Lipinski definition) is 2. The van der Waals surface area contributed by atoms with Crippen molar-refractivity contribution >= 4 is 35.3 Å². The van der Waals surface area contributed by atoms with Crippen molar-refractivity contribution in [3.05, 3.63) is 95.6 Å². The number of amides is 2. The van der Waals surface area contributed by atoms with E-state index in [1.54, 1.807) is 35.1 Å². The van der Waals surface area contributed by atoms with E-state index in [2.05, 4.69) is 22.8 Å². The monoisotopic (exact) mass is 501 g/mol. The predicted molar refractivity (Wildman–Crippen MR) is 141 cm³/mol. The van der Waals surface area contributed by atoms with Crippen molar-refractivity contribution in [1.29, 1.82) is 0 Å². The quantitative estimate of drug-likeness (QED) is 0.200. The average Bonchev–Trinajstić information content (AvgIpc) is 3.33. The van der Waals surface area contributed by atoms with Crippen LogP contribution in [-0.2, 0) is 9.59 Å². The Bertz CT molecular complexity index is 1370. The Hall–Kier alpha value is -4.43. The Labute approximate surface area is 213 Å². The third-order valence-corrected chi connectivity index (χ3v) is 5.39. The molecule has 182 valence electrons. The number of benzene rings is 3. The molecule has 0 aliphatic rings. The second kappa shape index (κ2) is 11.8. The van der Waals surface area contributed by atoms with Crippen LogP contribution in [-0.4, -0.2) is 34.4 Å². The molecule has 0 saturated carbocycles. The Balaban J connectivity index is 1.53. The van der Waals surface area contributed by atoms with E-state index in [1.165, 1.54) is 6.21 Å². The number of nitrogens with one attached hydrogen (secondary N) is 2. The Morgan fingerprint density at radius 2 is 1.72 bits per heavy atom. The summed E-state index contributed by atoms with van der Waals surface area (Å²) in [6, 6.07) is 23.8. The summed E-state index contributed by atoms with van der Waals surface area (Å²) in [4.78, 5) is 24.4. The topological polar surface area (TPSA) is 97.6 Å². The van der Waals surface area contributed by atoms with Crippen LogP contribution in [0.5, 0.6) is 5.75 Å². The summed E-state index contributed by atoms with van der Waals surface area (Å²) >= 11 is 6.03. The molecule has 1 heterocycles. The average molecular weight is 502 g/mol. The molecule has 4 aromatic rings. The maximum absolute atomic E-state index is 12.2. The van der Waals surface area contributed by atoms with Crippen LogP contribution in [0.25, 0.3) is 16.9 Å². The van der Waals surface area contributed by atoms with Crippen LogP contribution in [0.4, 0.5) is 5.69 Å². The van der Waals surface area contributed by atoms with Gasteiger partial charge in [-0.05, 0) is 55.0 Å². The third-order valence-electron chi connectivity index (χ3n) is 5.06. The molecule has 2 amide bonds. The highest BCUT2D eigenvalue weighted by Crippen LogP contribution is 2.25. The summed E-state index contributed by atoms with van der Waals surface area (Å²) in [5.74, 6) is -1.04. The minimum absolute atomic E-state index is 0.325. The fraction of sp³-hybridized carbons (Fsp3) is 0.111. The lowest BCUT2D eigenvalue weighted by atomic mass is 10.1. The number of ether oxygens (including phenoxy) is 1. The minimum Gasteiger partial charge on any atom is -0.494 e. The van der Waals surface area contributed by atoms with Gasteiger partial charge < -0.3 is 10.1 Å². The molecular weight excluding hydrogens is 478 g/mol. The van der Waals surface area contributed by atoms with E-state index in [1.807, 2.05) is 54.6 Å². The number of nitrogens with zero attached hydrogens (tertiary/aromatic N) is 3. The van der Waals surface area contributed by atoms with Crippen molar-refractivity contribution in [2.75, 3.05) is 11.9 Å². The predicted octanol–water partition coefficient (Wildman–Crippen LogP) is 5.07. The van der Waals surface area contributed by atoms with Gasteiger partial charge in [0.25, 0.3) is 0 Å². The SMILES string of the molecule is CCCOc1ccc(-c2nn(-c3ccccc3)cc2C=NNC(=O)C(=O)Nc2ccccc2Cl)cc1. The molecule has 36 heavy (non-hydrogen) atoms. The first-order valence-electron chi connectivity index (χ1n) is 11.3. The normalized spacial score (nSPS) is 10.8. The molecule has 8 nitrogen and oxygen atoms in total. The largest absolute Gasteiger partial charge is 0.494 e. The standard InChI is InChI=1S/C27H24ClN5O3/c1-2-16-36-22-14-12-19(13-15-22)25-20(18-33(32-25)21-8-4-3-5-9-21)17-29-31-27(35)26(34)30-24-11-7-6-10-23(24)28/h3-15,17-18H,2,16H2,1H3,(H,30,34)(H,31,35). The van der Waals surface area contributed by atoms with Crippen LogP contribution in [0.2, 0.25) is 5.02 Å². The number of hydrogen-bond acceptors (Lipinski definition) is 5. The van der Waals surface area contributed by atoms with Gasteiger partial charge >= 0.3 is 11.8 Å². The number of hydrazone groups is 1. The van der Waals surface area contributed by atoms with Gasteiger partial charge in [0.15, 0.2) is 0 Å². The van der Waals surface area contributed by atoms with E-state index in [-0.39, 0.29) is 0 Å².